The van der Waals surface area contributed by atoms with Crippen molar-refractivity contribution in [3.8, 4) is 0 Å². The molecule has 2 aromatic rings. The summed E-state index contributed by atoms with van der Waals surface area (Å²) in [6.45, 7) is -0.0963. The minimum absolute atomic E-state index is 0.0963. The molecule has 0 radical (unpaired) electrons. The summed E-state index contributed by atoms with van der Waals surface area (Å²) in [7, 11) is 0. The van der Waals surface area contributed by atoms with Gasteiger partial charge in [-0.05, 0) is 24.1 Å². The van der Waals surface area contributed by atoms with Gasteiger partial charge in [0.05, 0.1) is 18.2 Å². The van der Waals surface area contributed by atoms with E-state index >= 15 is 0 Å². The van der Waals surface area contributed by atoms with Crippen LogP contribution in [0.1, 0.15) is 15.9 Å². The normalized spacial score (nSPS) is 11.8. The van der Waals surface area contributed by atoms with E-state index in [0.29, 0.717) is 12.0 Å². The predicted octanol–water partition coefficient (Wildman–Crippen LogP) is 1.41. The van der Waals surface area contributed by atoms with Gasteiger partial charge in [0.15, 0.2) is 0 Å². The van der Waals surface area contributed by atoms with Crippen LogP contribution in [0.25, 0.3) is 0 Å². The summed E-state index contributed by atoms with van der Waals surface area (Å²) < 4.78 is 0. The van der Waals surface area contributed by atoms with Gasteiger partial charge in [-0.2, -0.15) is 0 Å². The number of nitrogens with zero attached hydrogens (tertiary/aromatic N) is 1. The van der Waals surface area contributed by atoms with Gasteiger partial charge in [0.25, 0.3) is 5.91 Å². The van der Waals surface area contributed by atoms with Crippen molar-refractivity contribution in [3.05, 3.63) is 66.0 Å². The van der Waals surface area contributed by atoms with Crippen molar-refractivity contribution >= 4 is 5.91 Å². The molecule has 1 heterocycles. The van der Waals surface area contributed by atoms with E-state index in [2.05, 4.69) is 10.3 Å². The largest absolute Gasteiger partial charge is 0.394 e. The van der Waals surface area contributed by atoms with E-state index in [0.717, 1.165) is 5.56 Å². The summed E-state index contributed by atoms with van der Waals surface area (Å²) >= 11 is 0. The van der Waals surface area contributed by atoms with E-state index in [1.165, 1.54) is 6.20 Å². The highest BCUT2D eigenvalue weighted by atomic mass is 16.3. The summed E-state index contributed by atoms with van der Waals surface area (Å²) in [6, 6.07) is 12.9. The van der Waals surface area contributed by atoms with Crippen molar-refractivity contribution in [2.75, 3.05) is 6.61 Å². The lowest BCUT2D eigenvalue weighted by Gasteiger charge is -2.16. The van der Waals surface area contributed by atoms with Gasteiger partial charge in [-0.3, -0.25) is 9.78 Å². The Morgan fingerprint density at radius 3 is 2.63 bits per heavy atom. The Labute approximate surface area is 112 Å². The fourth-order valence-electron chi connectivity index (χ4n) is 1.83. The predicted molar refractivity (Wildman–Crippen MR) is 72.7 cm³/mol. The number of hydrogen-bond acceptors (Lipinski definition) is 3. The van der Waals surface area contributed by atoms with Crippen molar-refractivity contribution in [1.82, 2.24) is 10.3 Å². The molecule has 98 valence electrons. The Morgan fingerprint density at radius 1 is 1.21 bits per heavy atom. The third-order valence-electron chi connectivity index (χ3n) is 2.80. The zero-order chi connectivity index (χ0) is 13.5. The lowest BCUT2D eigenvalue weighted by Crippen LogP contribution is -2.39. The molecular formula is C15H16N2O2. The molecule has 0 fully saturated rings. The van der Waals surface area contributed by atoms with Gasteiger partial charge in [-0.1, -0.05) is 30.3 Å². The first kappa shape index (κ1) is 13.2. The van der Waals surface area contributed by atoms with Crippen molar-refractivity contribution in [2.24, 2.45) is 0 Å². The SMILES string of the molecule is O=C(N[C@@H](CO)Cc1ccccc1)c1cccnc1. The quantitative estimate of drug-likeness (QED) is 0.850. The van der Waals surface area contributed by atoms with Crippen LogP contribution >= 0.6 is 0 Å². The molecule has 19 heavy (non-hydrogen) atoms. The van der Waals surface area contributed by atoms with Crippen molar-refractivity contribution in [2.45, 2.75) is 12.5 Å². The topological polar surface area (TPSA) is 62.2 Å². The number of amides is 1. The first-order valence-electron chi connectivity index (χ1n) is 6.15. The van der Waals surface area contributed by atoms with Gasteiger partial charge in [0, 0.05) is 12.4 Å². The Hall–Kier alpha value is -2.20. The standard InChI is InChI=1S/C15H16N2O2/c18-11-14(9-12-5-2-1-3-6-12)17-15(19)13-7-4-8-16-10-13/h1-8,10,14,18H,9,11H2,(H,17,19)/t14-/m1/s1. The molecule has 0 aliphatic rings. The van der Waals surface area contributed by atoms with Crippen LogP contribution in [-0.4, -0.2) is 28.6 Å². The van der Waals surface area contributed by atoms with Crippen molar-refractivity contribution < 1.29 is 9.90 Å². The number of hydrogen-bond donors (Lipinski definition) is 2. The zero-order valence-corrected chi connectivity index (χ0v) is 10.5. The maximum Gasteiger partial charge on any atom is 0.253 e. The summed E-state index contributed by atoms with van der Waals surface area (Å²) in [5.74, 6) is -0.219. The Bertz CT molecular complexity index is 514. The molecule has 0 bridgehead atoms. The fourth-order valence-corrected chi connectivity index (χ4v) is 1.83. The Kier molecular flexibility index (Phi) is 4.64. The highest BCUT2D eigenvalue weighted by Gasteiger charge is 2.13. The van der Waals surface area contributed by atoms with Crippen LogP contribution in [0.5, 0.6) is 0 Å². The molecular weight excluding hydrogens is 240 g/mol. The maximum atomic E-state index is 11.9. The van der Waals surface area contributed by atoms with Crippen molar-refractivity contribution in [1.29, 1.82) is 0 Å². The number of aromatic nitrogens is 1. The minimum Gasteiger partial charge on any atom is -0.394 e. The molecule has 2 N–H and O–H groups in total. The second-order valence-corrected chi connectivity index (χ2v) is 4.28. The highest BCUT2D eigenvalue weighted by Crippen LogP contribution is 2.04. The second-order valence-electron chi connectivity index (χ2n) is 4.28. The summed E-state index contributed by atoms with van der Waals surface area (Å²) in [6.07, 6.45) is 3.72. The molecule has 1 aromatic heterocycles. The molecule has 0 unspecified atom stereocenters. The van der Waals surface area contributed by atoms with E-state index < -0.39 is 0 Å². The van der Waals surface area contributed by atoms with Crippen LogP contribution < -0.4 is 5.32 Å². The number of aliphatic hydroxyl groups excluding tert-OH is 1. The average molecular weight is 256 g/mol. The van der Waals surface area contributed by atoms with E-state index in [9.17, 15) is 9.90 Å². The molecule has 0 spiro atoms. The van der Waals surface area contributed by atoms with Gasteiger partial charge >= 0.3 is 0 Å². The number of carbonyl (C=O) groups is 1. The van der Waals surface area contributed by atoms with E-state index in [1.807, 2.05) is 30.3 Å². The average Bonchev–Trinajstić information content (AvgIpc) is 2.48. The lowest BCUT2D eigenvalue weighted by molar-refractivity contribution is 0.0916. The Morgan fingerprint density at radius 2 is 2.00 bits per heavy atom. The molecule has 0 saturated carbocycles. The second kappa shape index (κ2) is 6.66. The molecule has 2 rings (SSSR count). The first-order chi connectivity index (χ1) is 9.29. The molecule has 1 atom stereocenters. The van der Waals surface area contributed by atoms with Gasteiger partial charge in [0.1, 0.15) is 0 Å². The van der Waals surface area contributed by atoms with Crippen LogP contribution in [-0.2, 0) is 6.42 Å². The van der Waals surface area contributed by atoms with E-state index in [1.54, 1.807) is 18.3 Å². The van der Waals surface area contributed by atoms with Crippen LogP contribution in [0, 0.1) is 0 Å². The third-order valence-corrected chi connectivity index (χ3v) is 2.80. The smallest absolute Gasteiger partial charge is 0.253 e. The number of nitrogens with one attached hydrogen (secondary N) is 1. The molecule has 0 saturated heterocycles. The van der Waals surface area contributed by atoms with Gasteiger partial charge in [-0.25, -0.2) is 0 Å². The summed E-state index contributed by atoms with van der Waals surface area (Å²) in [5, 5.41) is 12.2. The summed E-state index contributed by atoms with van der Waals surface area (Å²) in [5.41, 5.74) is 1.57. The number of benzene rings is 1. The van der Waals surface area contributed by atoms with Gasteiger partial charge in [0.2, 0.25) is 0 Å². The van der Waals surface area contributed by atoms with E-state index in [-0.39, 0.29) is 18.6 Å². The molecule has 4 heteroatoms. The molecule has 4 nitrogen and oxygen atoms in total. The number of aliphatic hydroxyl groups is 1. The number of pyridine rings is 1. The van der Waals surface area contributed by atoms with Gasteiger partial charge < -0.3 is 10.4 Å². The zero-order valence-electron chi connectivity index (χ0n) is 10.5. The van der Waals surface area contributed by atoms with E-state index in [4.69, 9.17) is 0 Å². The fraction of sp³-hybridized carbons (Fsp3) is 0.200. The molecule has 1 aromatic carbocycles. The van der Waals surface area contributed by atoms with Crippen LogP contribution in [0.2, 0.25) is 0 Å². The molecule has 0 aliphatic heterocycles. The molecule has 0 aliphatic carbocycles. The van der Waals surface area contributed by atoms with Crippen LogP contribution in [0.3, 0.4) is 0 Å². The number of carbonyl (C=O) groups excluding carboxylic acids is 1. The monoisotopic (exact) mass is 256 g/mol. The first-order valence-corrected chi connectivity index (χ1v) is 6.15. The van der Waals surface area contributed by atoms with Gasteiger partial charge in [-0.15, -0.1) is 0 Å². The maximum absolute atomic E-state index is 11.9. The lowest BCUT2D eigenvalue weighted by atomic mass is 10.1. The minimum atomic E-state index is -0.296. The third kappa shape index (κ3) is 3.89. The van der Waals surface area contributed by atoms with Crippen LogP contribution in [0.4, 0.5) is 0 Å². The van der Waals surface area contributed by atoms with Crippen molar-refractivity contribution in [3.63, 3.8) is 0 Å². The highest BCUT2D eigenvalue weighted by molar-refractivity contribution is 5.94. The summed E-state index contributed by atoms with van der Waals surface area (Å²) in [4.78, 5) is 15.8. The Balaban J connectivity index is 1.98. The van der Waals surface area contributed by atoms with Crippen LogP contribution in [0.15, 0.2) is 54.9 Å². The molecule has 1 amide bonds. The number of rotatable bonds is 5.